The summed E-state index contributed by atoms with van der Waals surface area (Å²) in [6.45, 7) is 0. The third-order valence-electron chi connectivity index (χ3n) is 4.67. The number of aromatic nitrogens is 1. The summed E-state index contributed by atoms with van der Waals surface area (Å²) in [6, 6.07) is 6.66. The second-order valence-corrected chi connectivity index (χ2v) is 5.62. The number of methoxy groups -OCH3 is 1. The first kappa shape index (κ1) is 11.8. The molecule has 2 aromatic rings. The van der Waals surface area contributed by atoms with Crippen molar-refractivity contribution in [3.63, 3.8) is 0 Å². The summed E-state index contributed by atoms with van der Waals surface area (Å²) < 4.78 is 5.44. The van der Waals surface area contributed by atoms with Crippen LogP contribution >= 0.6 is 0 Å². The van der Waals surface area contributed by atoms with Gasteiger partial charge in [0.1, 0.15) is 17.7 Å². The Labute approximate surface area is 116 Å². The highest BCUT2D eigenvalue weighted by atomic mass is 16.5. The van der Waals surface area contributed by atoms with Crippen molar-refractivity contribution in [1.29, 1.82) is 0 Å². The van der Waals surface area contributed by atoms with Gasteiger partial charge in [-0.25, -0.2) is 4.79 Å². The fraction of sp³-hybridized carbons (Fsp3) is 0.375. The van der Waals surface area contributed by atoms with E-state index >= 15 is 0 Å². The molecular weight excluding hydrogens is 252 g/mol. The SMILES string of the molecule is CO[C@@H]1C[C@@H]2c3cccc4[nH]cc(c34)C[C@H]2NC1=C=O. The lowest BCUT2D eigenvalue weighted by molar-refractivity contribution is 0.0897. The van der Waals surface area contributed by atoms with Crippen LogP contribution in [0, 0.1) is 0 Å². The Hall–Kier alpha value is -2.03. The lowest BCUT2D eigenvalue weighted by Crippen LogP contribution is -2.48. The monoisotopic (exact) mass is 268 g/mol. The van der Waals surface area contributed by atoms with Crippen molar-refractivity contribution in [3.8, 4) is 0 Å². The summed E-state index contributed by atoms with van der Waals surface area (Å²) in [7, 11) is 1.65. The van der Waals surface area contributed by atoms with Crippen molar-refractivity contribution in [2.24, 2.45) is 0 Å². The third-order valence-corrected chi connectivity index (χ3v) is 4.67. The van der Waals surface area contributed by atoms with Gasteiger partial charge in [-0.3, -0.25) is 0 Å². The molecule has 102 valence electrons. The van der Waals surface area contributed by atoms with Crippen molar-refractivity contribution in [3.05, 3.63) is 41.2 Å². The number of nitrogens with one attached hydrogen (secondary N) is 2. The molecule has 4 heteroatoms. The molecule has 0 unspecified atom stereocenters. The van der Waals surface area contributed by atoms with E-state index < -0.39 is 0 Å². The molecule has 4 rings (SSSR count). The molecule has 4 nitrogen and oxygen atoms in total. The van der Waals surface area contributed by atoms with Crippen LogP contribution in [0.3, 0.4) is 0 Å². The molecule has 0 amide bonds. The van der Waals surface area contributed by atoms with Gasteiger partial charge in [-0.2, -0.15) is 0 Å². The van der Waals surface area contributed by atoms with Gasteiger partial charge < -0.3 is 15.0 Å². The molecule has 1 aliphatic heterocycles. The zero-order chi connectivity index (χ0) is 13.7. The second-order valence-electron chi connectivity index (χ2n) is 5.62. The quantitative estimate of drug-likeness (QED) is 0.777. The number of carbonyl (C=O) groups excluding carboxylic acids is 1. The number of aromatic amines is 1. The van der Waals surface area contributed by atoms with Crippen LogP contribution in [0.15, 0.2) is 30.1 Å². The number of H-pyrrole nitrogens is 1. The third kappa shape index (κ3) is 1.49. The first-order chi connectivity index (χ1) is 9.81. The molecule has 0 saturated carbocycles. The van der Waals surface area contributed by atoms with E-state index in [0.717, 1.165) is 12.8 Å². The number of hydrogen-bond acceptors (Lipinski definition) is 3. The van der Waals surface area contributed by atoms with Crippen molar-refractivity contribution in [2.75, 3.05) is 7.11 Å². The molecule has 2 N–H and O–H groups in total. The van der Waals surface area contributed by atoms with E-state index in [9.17, 15) is 4.79 Å². The first-order valence-electron chi connectivity index (χ1n) is 6.95. The van der Waals surface area contributed by atoms with Gasteiger partial charge >= 0.3 is 0 Å². The van der Waals surface area contributed by atoms with Gasteiger partial charge in [0.05, 0.1) is 0 Å². The minimum Gasteiger partial charge on any atom is -0.374 e. The number of piperidine rings is 1. The number of hydrogen-bond donors (Lipinski definition) is 2. The highest BCUT2D eigenvalue weighted by Gasteiger charge is 2.39. The van der Waals surface area contributed by atoms with E-state index in [0.29, 0.717) is 11.6 Å². The van der Waals surface area contributed by atoms with Gasteiger partial charge in [-0.15, -0.1) is 0 Å². The minimum atomic E-state index is -0.176. The molecule has 1 aliphatic carbocycles. The molecule has 20 heavy (non-hydrogen) atoms. The Bertz CT molecular complexity index is 727. The van der Waals surface area contributed by atoms with Crippen molar-refractivity contribution >= 4 is 16.8 Å². The summed E-state index contributed by atoms with van der Waals surface area (Å²) in [5.74, 6) is 2.38. The molecule has 1 aromatic heterocycles. The van der Waals surface area contributed by atoms with E-state index in [4.69, 9.17) is 4.74 Å². The molecule has 0 spiro atoms. The van der Waals surface area contributed by atoms with Gasteiger partial charge in [0.15, 0.2) is 0 Å². The number of ether oxygens (including phenoxy) is 1. The van der Waals surface area contributed by atoms with Crippen molar-refractivity contribution in [1.82, 2.24) is 10.3 Å². The molecule has 1 aromatic carbocycles. The maximum absolute atomic E-state index is 11.1. The predicted octanol–water partition coefficient (Wildman–Crippen LogP) is 1.90. The Morgan fingerprint density at radius 2 is 2.30 bits per heavy atom. The van der Waals surface area contributed by atoms with E-state index in [2.05, 4.69) is 34.7 Å². The Morgan fingerprint density at radius 3 is 3.10 bits per heavy atom. The molecule has 2 aliphatic rings. The van der Waals surface area contributed by atoms with Crippen LogP contribution in [0.2, 0.25) is 0 Å². The van der Waals surface area contributed by atoms with Gasteiger partial charge in [-0.1, -0.05) is 12.1 Å². The number of fused-ring (bicyclic) bond motifs is 2. The standard InChI is InChI=1S/C16H16N2O2/c1-20-15-6-11-10-3-2-4-12-16(10)9(7-17-12)5-13(11)18-14(15)8-19/h2-4,7,11,13,15,17-18H,5-6H2,1H3/t11-,13-,15-/m1/s1. The Kier molecular flexibility index (Phi) is 2.49. The maximum Gasteiger partial charge on any atom is 0.148 e. The summed E-state index contributed by atoms with van der Waals surface area (Å²) in [5.41, 5.74) is 4.43. The molecular formula is C16H16N2O2. The molecule has 0 bridgehead atoms. The van der Waals surface area contributed by atoms with E-state index in [1.54, 1.807) is 7.11 Å². The maximum atomic E-state index is 11.1. The van der Waals surface area contributed by atoms with Crippen LogP contribution in [-0.4, -0.2) is 30.2 Å². The summed E-state index contributed by atoms with van der Waals surface area (Å²) in [6.07, 6.45) is 3.68. The smallest absolute Gasteiger partial charge is 0.148 e. The van der Waals surface area contributed by atoms with Crippen molar-refractivity contribution < 1.29 is 9.53 Å². The second kappa shape index (κ2) is 4.23. The van der Waals surface area contributed by atoms with Crippen molar-refractivity contribution in [2.45, 2.75) is 30.9 Å². The molecule has 1 saturated heterocycles. The van der Waals surface area contributed by atoms with Gasteiger partial charge in [0, 0.05) is 36.2 Å². The first-order valence-corrected chi connectivity index (χ1v) is 6.95. The lowest BCUT2D eigenvalue weighted by Gasteiger charge is -2.40. The molecule has 0 radical (unpaired) electrons. The molecule has 2 heterocycles. The highest BCUT2D eigenvalue weighted by Crippen LogP contribution is 2.42. The molecule has 3 atom stereocenters. The van der Waals surface area contributed by atoms with E-state index in [-0.39, 0.29) is 12.1 Å². The van der Waals surface area contributed by atoms with Crippen LogP contribution in [-0.2, 0) is 16.0 Å². The van der Waals surface area contributed by atoms with Crippen LogP contribution in [0.4, 0.5) is 0 Å². The fourth-order valence-corrected chi connectivity index (χ4v) is 3.75. The zero-order valence-electron chi connectivity index (χ0n) is 11.3. The number of rotatable bonds is 1. The minimum absolute atomic E-state index is 0.176. The average Bonchev–Trinajstić information content (AvgIpc) is 2.91. The van der Waals surface area contributed by atoms with E-state index in [1.807, 2.05) is 5.94 Å². The van der Waals surface area contributed by atoms with Crippen LogP contribution in [0.5, 0.6) is 0 Å². The van der Waals surface area contributed by atoms with Crippen LogP contribution in [0.25, 0.3) is 10.9 Å². The summed E-state index contributed by atoms with van der Waals surface area (Å²) in [4.78, 5) is 14.4. The highest BCUT2D eigenvalue weighted by molar-refractivity contribution is 5.88. The normalized spacial score (nSPS) is 27.9. The summed E-state index contributed by atoms with van der Waals surface area (Å²) >= 11 is 0. The fourth-order valence-electron chi connectivity index (χ4n) is 3.75. The predicted molar refractivity (Wildman–Crippen MR) is 76.3 cm³/mol. The van der Waals surface area contributed by atoms with Crippen LogP contribution in [0.1, 0.15) is 23.5 Å². The van der Waals surface area contributed by atoms with Gasteiger partial charge in [0.25, 0.3) is 0 Å². The van der Waals surface area contributed by atoms with Gasteiger partial charge in [-0.05, 0) is 30.0 Å². The number of benzene rings is 1. The topological polar surface area (TPSA) is 54.1 Å². The molecule has 1 fully saturated rings. The average molecular weight is 268 g/mol. The summed E-state index contributed by atoms with van der Waals surface area (Å²) in [5, 5.41) is 4.68. The zero-order valence-corrected chi connectivity index (χ0v) is 11.3. The largest absolute Gasteiger partial charge is 0.374 e. The lowest BCUT2D eigenvalue weighted by atomic mass is 9.75. The van der Waals surface area contributed by atoms with Gasteiger partial charge in [0.2, 0.25) is 0 Å². The van der Waals surface area contributed by atoms with Crippen LogP contribution < -0.4 is 5.32 Å². The Morgan fingerprint density at radius 1 is 1.40 bits per heavy atom. The Balaban J connectivity index is 1.85. The van der Waals surface area contributed by atoms with E-state index in [1.165, 1.54) is 22.0 Å².